The third-order valence-corrected chi connectivity index (χ3v) is 4.32. The van der Waals surface area contributed by atoms with Crippen molar-refractivity contribution in [3.8, 4) is 5.75 Å². The Morgan fingerprint density at radius 2 is 2.39 bits per heavy atom. The highest BCUT2D eigenvalue weighted by Gasteiger charge is 2.30. The topological polar surface area (TPSA) is 42.4 Å². The molecular weight excluding hydrogens is 268 g/mol. The minimum absolute atomic E-state index is 0.0908. The molecule has 0 spiro atoms. The molecular formula is C12H12N2O2S2. The molecule has 1 aromatic carbocycles. The molecule has 2 heterocycles. The zero-order chi connectivity index (χ0) is 12.7. The number of anilines is 1. The lowest BCUT2D eigenvalue weighted by molar-refractivity contribution is -0.117. The maximum atomic E-state index is 11.8. The van der Waals surface area contributed by atoms with Crippen LogP contribution in [0, 0.1) is 0 Å². The van der Waals surface area contributed by atoms with Gasteiger partial charge in [-0.3, -0.25) is 9.69 Å². The van der Waals surface area contributed by atoms with Crippen LogP contribution in [0.25, 0.3) is 10.2 Å². The SMILES string of the molecule is COc1cccc2sc(N3CC(S)CC3=O)nc12. The van der Waals surface area contributed by atoms with E-state index in [9.17, 15) is 4.79 Å². The summed E-state index contributed by atoms with van der Waals surface area (Å²) < 4.78 is 6.30. The van der Waals surface area contributed by atoms with Crippen LogP contribution in [-0.2, 0) is 4.79 Å². The first kappa shape index (κ1) is 11.8. The fourth-order valence-corrected chi connectivity index (χ4v) is 3.39. The molecule has 0 aliphatic carbocycles. The van der Waals surface area contributed by atoms with E-state index >= 15 is 0 Å². The summed E-state index contributed by atoms with van der Waals surface area (Å²) in [4.78, 5) is 18.1. The number of rotatable bonds is 2. The normalized spacial score (nSPS) is 19.8. The monoisotopic (exact) mass is 280 g/mol. The van der Waals surface area contributed by atoms with Crippen molar-refractivity contribution in [1.82, 2.24) is 4.98 Å². The van der Waals surface area contributed by atoms with Crippen LogP contribution in [0.3, 0.4) is 0 Å². The van der Waals surface area contributed by atoms with Crippen LogP contribution >= 0.6 is 24.0 Å². The Labute approximate surface area is 114 Å². The van der Waals surface area contributed by atoms with E-state index < -0.39 is 0 Å². The number of hydrogen-bond donors (Lipinski definition) is 1. The smallest absolute Gasteiger partial charge is 0.229 e. The summed E-state index contributed by atoms with van der Waals surface area (Å²) in [5.74, 6) is 0.831. The Morgan fingerprint density at radius 1 is 1.56 bits per heavy atom. The van der Waals surface area contributed by atoms with Crippen molar-refractivity contribution in [1.29, 1.82) is 0 Å². The number of carbonyl (C=O) groups excluding carboxylic acids is 1. The van der Waals surface area contributed by atoms with Gasteiger partial charge in [0.05, 0.1) is 11.8 Å². The minimum Gasteiger partial charge on any atom is -0.494 e. The van der Waals surface area contributed by atoms with E-state index in [1.165, 1.54) is 11.3 Å². The highest BCUT2D eigenvalue weighted by atomic mass is 32.1. The molecule has 0 N–H and O–H groups in total. The summed E-state index contributed by atoms with van der Waals surface area (Å²) in [6.07, 6.45) is 0.482. The number of aromatic nitrogens is 1. The molecule has 1 fully saturated rings. The minimum atomic E-state index is 0.0908. The van der Waals surface area contributed by atoms with Crippen LogP contribution in [-0.4, -0.2) is 29.8 Å². The Balaban J connectivity index is 2.06. The van der Waals surface area contributed by atoms with Crippen molar-refractivity contribution in [2.75, 3.05) is 18.6 Å². The third kappa shape index (κ3) is 1.85. The molecule has 1 aliphatic rings. The number of fused-ring (bicyclic) bond motifs is 1. The standard InChI is InChI=1S/C12H12N2O2S2/c1-16-8-3-2-4-9-11(8)13-12(18-9)14-6-7(17)5-10(14)15/h2-4,7,17H,5-6H2,1H3. The van der Waals surface area contributed by atoms with E-state index in [1.807, 2.05) is 18.2 Å². The zero-order valence-corrected chi connectivity index (χ0v) is 11.5. The van der Waals surface area contributed by atoms with Gasteiger partial charge in [-0.2, -0.15) is 12.6 Å². The lowest BCUT2D eigenvalue weighted by atomic mass is 10.3. The van der Waals surface area contributed by atoms with Crippen molar-refractivity contribution >= 4 is 45.2 Å². The van der Waals surface area contributed by atoms with Gasteiger partial charge in [0.1, 0.15) is 11.3 Å². The average molecular weight is 280 g/mol. The van der Waals surface area contributed by atoms with Gasteiger partial charge < -0.3 is 4.74 Å². The molecule has 0 radical (unpaired) electrons. The number of benzene rings is 1. The number of nitrogens with zero attached hydrogens (tertiary/aromatic N) is 2. The van der Waals surface area contributed by atoms with E-state index in [1.54, 1.807) is 12.0 Å². The molecule has 0 bridgehead atoms. The summed E-state index contributed by atoms with van der Waals surface area (Å²) in [6, 6.07) is 5.78. The molecule has 1 amide bonds. The Hall–Kier alpha value is -1.27. The molecule has 4 nitrogen and oxygen atoms in total. The average Bonchev–Trinajstić information content (AvgIpc) is 2.91. The molecule has 3 rings (SSSR count). The number of ether oxygens (including phenoxy) is 1. The maximum Gasteiger partial charge on any atom is 0.229 e. The van der Waals surface area contributed by atoms with Crippen molar-refractivity contribution in [2.24, 2.45) is 0 Å². The number of thiol groups is 1. The first-order valence-corrected chi connectivity index (χ1v) is 6.94. The lowest BCUT2D eigenvalue weighted by Crippen LogP contribution is -2.24. The van der Waals surface area contributed by atoms with E-state index in [-0.39, 0.29) is 11.2 Å². The number of hydrogen-bond acceptors (Lipinski definition) is 5. The van der Waals surface area contributed by atoms with Crippen molar-refractivity contribution in [3.05, 3.63) is 18.2 Å². The molecule has 1 unspecified atom stereocenters. The molecule has 6 heteroatoms. The summed E-state index contributed by atoms with van der Waals surface area (Å²) in [6.45, 7) is 0.629. The van der Waals surface area contributed by atoms with Crippen molar-refractivity contribution in [3.63, 3.8) is 0 Å². The van der Waals surface area contributed by atoms with Gasteiger partial charge in [0.2, 0.25) is 5.91 Å². The highest BCUT2D eigenvalue weighted by Crippen LogP contribution is 2.35. The number of carbonyl (C=O) groups is 1. The predicted molar refractivity (Wildman–Crippen MR) is 75.9 cm³/mol. The van der Waals surface area contributed by atoms with E-state index in [2.05, 4.69) is 17.6 Å². The van der Waals surface area contributed by atoms with Crippen molar-refractivity contribution < 1.29 is 9.53 Å². The van der Waals surface area contributed by atoms with Crippen LogP contribution < -0.4 is 9.64 Å². The quantitative estimate of drug-likeness (QED) is 0.859. The second-order valence-electron chi connectivity index (χ2n) is 4.17. The van der Waals surface area contributed by atoms with Gasteiger partial charge in [-0.1, -0.05) is 17.4 Å². The van der Waals surface area contributed by atoms with Crippen LogP contribution in [0.5, 0.6) is 5.75 Å². The summed E-state index contributed by atoms with van der Waals surface area (Å²) in [7, 11) is 1.62. The van der Waals surface area contributed by atoms with Crippen LogP contribution in [0.4, 0.5) is 5.13 Å². The van der Waals surface area contributed by atoms with Gasteiger partial charge in [-0.25, -0.2) is 4.98 Å². The predicted octanol–water partition coefficient (Wildman–Crippen LogP) is 2.34. The van der Waals surface area contributed by atoms with Gasteiger partial charge in [0, 0.05) is 18.2 Å². The maximum absolute atomic E-state index is 11.8. The highest BCUT2D eigenvalue weighted by molar-refractivity contribution is 7.81. The summed E-state index contributed by atoms with van der Waals surface area (Å²) in [5.41, 5.74) is 0.815. The first-order valence-electron chi connectivity index (χ1n) is 5.61. The summed E-state index contributed by atoms with van der Waals surface area (Å²) in [5, 5.41) is 0.836. The van der Waals surface area contributed by atoms with Crippen LogP contribution in [0.15, 0.2) is 18.2 Å². The van der Waals surface area contributed by atoms with Gasteiger partial charge in [0.25, 0.3) is 0 Å². The molecule has 1 aromatic heterocycles. The van der Waals surface area contributed by atoms with Crippen molar-refractivity contribution in [2.45, 2.75) is 11.7 Å². The van der Waals surface area contributed by atoms with E-state index in [4.69, 9.17) is 4.74 Å². The molecule has 18 heavy (non-hydrogen) atoms. The molecule has 94 valence electrons. The molecule has 0 saturated carbocycles. The Morgan fingerprint density at radius 3 is 3.06 bits per heavy atom. The van der Waals surface area contributed by atoms with Gasteiger partial charge in [-0.05, 0) is 12.1 Å². The van der Waals surface area contributed by atoms with Gasteiger partial charge in [-0.15, -0.1) is 0 Å². The first-order chi connectivity index (χ1) is 8.69. The van der Waals surface area contributed by atoms with Crippen LogP contribution in [0.1, 0.15) is 6.42 Å². The Kier molecular flexibility index (Phi) is 2.91. The fraction of sp³-hybridized carbons (Fsp3) is 0.333. The summed E-state index contributed by atoms with van der Waals surface area (Å²) >= 11 is 5.86. The molecule has 2 aromatic rings. The fourth-order valence-electron chi connectivity index (χ4n) is 2.07. The molecule has 1 atom stereocenters. The third-order valence-electron chi connectivity index (χ3n) is 2.93. The Bertz CT molecular complexity index is 611. The number of thiazole rings is 1. The van der Waals surface area contributed by atoms with Crippen LogP contribution in [0.2, 0.25) is 0 Å². The second-order valence-corrected chi connectivity index (χ2v) is 5.91. The number of methoxy groups -OCH3 is 1. The second kappa shape index (κ2) is 4.44. The van der Waals surface area contributed by atoms with Gasteiger partial charge >= 0.3 is 0 Å². The largest absolute Gasteiger partial charge is 0.494 e. The number of para-hydroxylation sites is 1. The van der Waals surface area contributed by atoms with E-state index in [0.717, 1.165) is 21.1 Å². The van der Waals surface area contributed by atoms with E-state index in [0.29, 0.717) is 13.0 Å². The molecule has 1 saturated heterocycles. The zero-order valence-electron chi connectivity index (χ0n) is 9.79. The molecule has 1 aliphatic heterocycles. The number of amides is 1. The van der Waals surface area contributed by atoms with Gasteiger partial charge in [0.15, 0.2) is 5.13 Å². The lowest BCUT2D eigenvalue weighted by Gasteiger charge is -2.10.